The van der Waals surface area contributed by atoms with Crippen LogP contribution in [0.15, 0.2) is 48.9 Å². The first-order valence-electron chi connectivity index (χ1n) is 5.76. The van der Waals surface area contributed by atoms with Gasteiger partial charge in [0.25, 0.3) is 0 Å². The summed E-state index contributed by atoms with van der Waals surface area (Å²) >= 11 is 0. The van der Waals surface area contributed by atoms with Gasteiger partial charge in [-0.25, -0.2) is 9.97 Å². The standard InChI is InChI=1S/C12H11N7/c1-2-4-11(5-3-1)19-12(16-17-18-19)14-8-10-6-7-13-9-15-10/h1-7,9H,8H2,(H,14,16,18). The molecule has 7 heteroatoms. The second-order valence-electron chi connectivity index (χ2n) is 3.80. The SMILES string of the molecule is c1ccc(-n2nnnc2NCc2ccncn2)cc1. The average molecular weight is 253 g/mol. The van der Waals surface area contributed by atoms with Gasteiger partial charge in [-0.1, -0.05) is 23.3 Å². The monoisotopic (exact) mass is 253 g/mol. The summed E-state index contributed by atoms with van der Waals surface area (Å²) in [5.41, 5.74) is 1.77. The van der Waals surface area contributed by atoms with E-state index in [-0.39, 0.29) is 0 Å². The van der Waals surface area contributed by atoms with Crippen molar-refractivity contribution in [2.45, 2.75) is 6.54 Å². The van der Waals surface area contributed by atoms with Crippen LogP contribution >= 0.6 is 0 Å². The van der Waals surface area contributed by atoms with Gasteiger partial charge in [-0.2, -0.15) is 4.68 Å². The van der Waals surface area contributed by atoms with E-state index < -0.39 is 0 Å². The van der Waals surface area contributed by atoms with Gasteiger partial charge in [0, 0.05) is 6.20 Å². The van der Waals surface area contributed by atoms with Crippen molar-refractivity contribution in [1.29, 1.82) is 0 Å². The Balaban J connectivity index is 1.78. The van der Waals surface area contributed by atoms with Gasteiger partial charge in [-0.15, -0.1) is 0 Å². The highest BCUT2D eigenvalue weighted by Gasteiger charge is 2.07. The highest BCUT2D eigenvalue weighted by Crippen LogP contribution is 2.10. The van der Waals surface area contributed by atoms with Crippen LogP contribution in [0, 0.1) is 0 Å². The number of benzene rings is 1. The van der Waals surface area contributed by atoms with E-state index in [1.807, 2.05) is 36.4 Å². The Morgan fingerprint density at radius 1 is 1.11 bits per heavy atom. The maximum absolute atomic E-state index is 4.13. The molecule has 0 bridgehead atoms. The number of nitrogens with one attached hydrogen (secondary N) is 1. The minimum Gasteiger partial charge on any atom is -0.347 e. The summed E-state index contributed by atoms with van der Waals surface area (Å²) in [7, 11) is 0. The molecule has 0 aliphatic heterocycles. The Labute approximate surface area is 109 Å². The minimum absolute atomic E-state index is 0.537. The van der Waals surface area contributed by atoms with Crippen molar-refractivity contribution >= 4 is 5.95 Å². The number of nitrogens with zero attached hydrogens (tertiary/aromatic N) is 6. The number of aromatic nitrogens is 6. The normalized spacial score (nSPS) is 10.3. The van der Waals surface area contributed by atoms with Crippen molar-refractivity contribution in [3.63, 3.8) is 0 Å². The Hall–Kier alpha value is -2.83. The van der Waals surface area contributed by atoms with E-state index in [0.29, 0.717) is 12.5 Å². The fraction of sp³-hybridized carbons (Fsp3) is 0.0833. The van der Waals surface area contributed by atoms with Crippen LogP contribution in [-0.2, 0) is 6.54 Å². The number of para-hydroxylation sites is 1. The predicted molar refractivity (Wildman–Crippen MR) is 68.5 cm³/mol. The highest BCUT2D eigenvalue weighted by molar-refractivity contribution is 5.38. The molecular weight excluding hydrogens is 242 g/mol. The van der Waals surface area contributed by atoms with Gasteiger partial charge < -0.3 is 5.32 Å². The maximum Gasteiger partial charge on any atom is 0.248 e. The maximum atomic E-state index is 4.13. The topological polar surface area (TPSA) is 81.4 Å². The third-order valence-corrected chi connectivity index (χ3v) is 2.54. The van der Waals surface area contributed by atoms with Crippen LogP contribution in [0.3, 0.4) is 0 Å². The second kappa shape index (κ2) is 5.21. The zero-order chi connectivity index (χ0) is 12.9. The molecule has 3 rings (SSSR count). The van der Waals surface area contributed by atoms with E-state index in [4.69, 9.17) is 0 Å². The number of anilines is 1. The van der Waals surface area contributed by atoms with Crippen molar-refractivity contribution in [3.05, 3.63) is 54.6 Å². The Morgan fingerprint density at radius 3 is 2.79 bits per heavy atom. The Bertz CT molecular complexity index is 635. The molecule has 1 aromatic carbocycles. The van der Waals surface area contributed by atoms with Crippen LogP contribution in [0.5, 0.6) is 0 Å². The molecule has 0 radical (unpaired) electrons. The second-order valence-corrected chi connectivity index (χ2v) is 3.80. The molecule has 7 nitrogen and oxygen atoms in total. The third-order valence-electron chi connectivity index (χ3n) is 2.54. The average Bonchev–Trinajstić information content (AvgIpc) is 2.95. The van der Waals surface area contributed by atoms with Gasteiger partial charge in [0.05, 0.1) is 17.9 Å². The summed E-state index contributed by atoms with van der Waals surface area (Å²) in [4.78, 5) is 8.00. The molecule has 0 amide bonds. The van der Waals surface area contributed by atoms with E-state index in [9.17, 15) is 0 Å². The summed E-state index contributed by atoms with van der Waals surface area (Å²) in [5, 5.41) is 14.7. The first-order chi connectivity index (χ1) is 9.43. The molecule has 1 N–H and O–H groups in total. The molecule has 0 spiro atoms. The summed E-state index contributed by atoms with van der Waals surface area (Å²) in [6.45, 7) is 0.537. The first-order valence-corrected chi connectivity index (χ1v) is 5.76. The summed E-state index contributed by atoms with van der Waals surface area (Å²) in [5.74, 6) is 0.574. The molecule has 0 saturated heterocycles. The zero-order valence-corrected chi connectivity index (χ0v) is 10.0. The summed E-state index contributed by atoms with van der Waals surface area (Å²) < 4.78 is 1.64. The fourth-order valence-electron chi connectivity index (χ4n) is 1.63. The van der Waals surface area contributed by atoms with Crippen molar-refractivity contribution in [3.8, 4) is 5.69 Å². The van der Waals surface area contributed by atoms with Crippen LogP contribution in [0.4, 0.5) is 5.95 Å². The molecule has 0 atom stereocenters. The Kier molecular flexibility index (Phi) is 3.09. The van der Waals surface area contributed by atoms with Gasteiger partial charge >= 0.3 is 0 Å². The highest BCUT2D eigenvalue weighted by atomic mass is 15.6. The van der Waals surface area contributed by atoms with E-state index in [0.717, 1.165) is 11.4 Å². The molecule has 0 aliphatic rings. The number of hydrogen-bond donors (Lipinski definition) is 1. The minimum atomic E-state index is 0.537. The lowest BCUT2D eigenvalue weighted by Gasteiger charge is -2.06. The number of tetrazole rings is 1. The molecule has 2 aromatic heterocycles. The van der Waals surface area contributed by atoms with E-state index >= 15 is 0 Å². The molecule has 0 fully saturated rings. The van der Waals surface area contributed by atoms with Crippen molar-refractivity contribution in [2.24, 2.45) is 0 Å². The molecule has 0 unspecified atom stereocenters. The van der Waals surface area contributed by atoms with E-state index in [2.05, 4.69) is 30.8 Å². The zero-order valence-electron chi connectivity index (χ0n) is 10.0. The number of hydrogen-bond acceptors (Lipinski definition) is 6. The number of rotatable bonds is 4. The molecule has 0 saturated carbocycles. The summed E-state index contributed by atoms with van der Waals surface area (Å²) in [6, 6.07) is 11.5. The third kappa shape index (κ3) is 2.54. The van der Waals surface area contributed by atoms with Crippen LogP contribution < -0.4 is 5.32 Å². The largest absolute Gasteiger partial charge is 0.347 e. The smallest absolute Gasteiger partial charge is 0.248 e. The molecular formula is C12H11N7. The van der Waals surface area contributed by atoms with Gasteiger partial charge in [0.15, 0.2) is 0 Å². The summed E-state index contributed by atoms with van der Waals surface area (Å²) in [6.07, 6.45) is 3.21. The Morgan fingerprint density at radius 2 is 2.00 bits per heavy atom. The molecule has 94 valence electrons. The van der Waals surface area contributed by atoms with Crippen molar-refractivity contribution in [2.75, 3.05) is 5.32 Å². The van der Waals surface area contributed by atoms with E-state index in [1.165, 1.54) is 6.33 Å². The molecule has 2 heterocycles. The fourth-order valence-corrected chi connectivity index (χ4v) is 1.63. The van der Waals surface area contributed by atoms with Crippen LogP contribution in [0.2, 0.25) is 0 Å². The van der Waals surface area contributed by atoms with Crippen LogP contribution in [-0.4, -0.2) is 30.2 Å². The van der Waals surface area contributed by atoms with Gasteiger partial charge in [-0.05, 0) is 28.6 Å². The first kappa shape index (κ1) is 11.3. The van der Waals surface area contributed by atoms with Crippen LogP contribution in [0.1, 0.15) is 5.69 Å². The predicted octanol–water partition coefficient (Wildman–Crippen LogP) is 1.06. The lowest BCUT2D eigenvalue weighted by Crippen LogP contribution is -2.08. The molecule has 3 aromatic rings. The molecule has 0 aliphatic carbocycles. The van der Waals surface area contributed by atoms with Crippen molar-refractivity contribution < 1.29 is 0 Å². The van der Waals surface area contributed by atoms with E-state index in [1.54, 1.807) is 10.9 Å². The lowest BCUT2D eigenvalue weighted by atomic mass is 10.3. The van der Waals surface area contributed by atoms with Crippen molar-refractivity contribution in [1.82, 2.24) is 30.2 Å². The quantitative estimate of drug-likeness (QED) is 0.748. The van der Waals surface area contributed by atoms with Gasteiger partial charge in [0.1, 0.15) is 6.33 Å². The van der Waals surface area contributed by atoms with Gasteiger partial charge in [0.2, 0.25) is 5.95 Å². The van der Waals surface area contributed by atoms with Crippen LogP contribution in [0.25, 0.3) is 5.69 Å². The van der Waals surface area contributed by atoms with Gasteiger partial charge in [-0.3, -0.25) is 0 Å². The molecule has 19 heavy (non-hydrogen) atoms. The lowest BCUT2D eigenvalue weighted by molar-refractivity contribution is 0.788.